The molecule has 0 bridgehead atoms. The molecule has 0 radical (unpaired) electrons. The standard InChI is InChI=1S/C14H17NO3/c1-3-15-8-11(9-18-4-2)12-6-5-10(14(16)17)7-13(12)15/h5-8H,3-4,9H2,1-2H3,(H,16,17). The van der Waals surface area contributed by atoms with Crippen LogP contribution in [0.1, 0.15) is 29.8 Å². The molecule has 1 aromatic heterocycles. The van der Waals surface area contributed by atoms with Crippen molar-refractivity contribution < 1.29 is 14.6 Å². The molecule has 2 rings (SSSR count). The number of nitrogens with zero attached hydrogens (tertiary/aromatic N) is 1. The Morgan fingerprint density at radius 3 is 2.78 bits per heavy atom. The quantitative estimate of drug-likeness (QED) is 0.883. The molecule has 1 N–H and O–H groups in total. The molecule has 0 fully saturated rings. The molecule has 0 saturated carbocycles. The summed E-state index contributed by atoms with van der Waals surface area (Å²) in [6.07, 6.45) is 2.03. The average Bonchev–Trinajstić information content (AvgIpc) is 2.73. The lowest BCUT2D eigenvalue weighted by Crippen LogP contribution is -1.97. The van der Waals surface area contributed by atoms with Crippen LogP contribution >= 0.6 is 0 Å². The van der Waals surface area contributed by atoms with Crippen molar-refractivity contribution >= 4 is 16.9 Å². The lowest BCUT2D eigenvalue weighted by atomic mass is 10.1. The number of aryl methyl sites for hydroxylation is 1. The predicted octanol–water partition coefficient (Wildman–Crippen LogP) is 2.90. The largest absolute Gasteiger partial charge is 0.478 e. The number of carboxylic acids is 1. The molecular weight excluding hydrogens is 230 g/mol. The Balaban J connectivity index is 2.52. The molecule has 18 heavy (non-hydrogen) atoms. The number of rotatable bonds is 5. The average molecular weight is 247 g/mol. The van der Waals surface area contributed by atoms with Crippen LogP contribution in [0.2, 0.25) is 0 Å². The van der Waals surface area contributed by atoms with Gasteiger partial charge in [0.15, 0.2) is 0 Å². The van der Waals surface area contributed by atoms with E-state index in [1.165, 1.54) is 0 Å². The molecule has 0 saturated heterocycles. The number of fused-ring (bicyclic) bond motifs is 1. The van der Waals surface area contributed by atoms with Crippen LogP contribution < -0.4 is 0 Å². The van der Waals surface area contributed by atoms with E-state index in [-0.39, 0.29) is 0 Å². The second kappa shape index (κ2) is 5.23. The summed E-state index contributed by atoms with van der Waals surface area (Å²) in [5, 5.41) is 10.1. The van der Waals surface area contributed by atoms with Gasteiger partial charge in [-0.25, -0.2) is 4.79 Å². The fourth-order valence-electron chi connectivity index (χ4n) is 2.09. The summed E-state index contributed by atoms with van der Waals surface area (Å²) in [5.74, 6) is -0.896. The highest BCUT2D eigenvalue weighted by molar-refractivity contribution is 5.94. The molecule has 0 aliphatic heterocycles. The topological polar surface area (TPSA) is 51.5 Å². The van der Waals surface area contributed by atoms with E-state index in [4.69, 9.17) is 9.84 Å². The van der Waals surface area contributed by atoms with Crippen LogP contribution in [0.5, 0.6) is 0 Å². The lowest BCUT2D eigenvalue weighted by molar-refractivity contribution is 0.0697. The maximum Gasteiger partial charge on any atom is 0.335 e. The summed E-state index contributed by atoms with van der Waals surface area (Å²) in [6.45, 7) is 6.04. The lowest BCUT2D eigenvalue weighted by Gasteiger charge is -2.01. The number of aromatic nitrogens is 1. The maximum atomic E-state index is 11.0. The van der Waals surface area contributed by atoms with E-state index in [0.717, 1.165) is 23.0 Å². The molecule has 0 amide bonds. The molecule has 96 valence electrons. The van der Waals surface area contributed by atoms with Gasteiger partial charge in [0, 0.05) is 35.8 Å². The fourth-order valence-corrected chi connectivity index (χ4v) is 2.09. The van der Waals surface area contributed by atoms with Gasteiger partial charge in [0.2, 0.25) is 0 Å². The fraction of sp³-hybridized carbons (Fsp3) is 0.357. The Bertz CT molecular complexity index is 572. The van der Waals surface area contributed by atoms with E-state index in [9.17, 15) is 4.79 Å². The normalized spacial score (nSPS) is 11.0. The highest BCUT2D eigenvalue weighted by atomic mass is 16.5. The summed E-state index contributed by atoms with van der Waals surface area (Å²) < 4.78 is 7.49. The Morgan fingerprint density at radius 1 is 1.39 bits per heavy atom. The number of carboxylic acid groups (broad SMARTS) is 1. The minimum absolute atomic E-state index is 0.318. The van der Waals surface area contributed by atoms with Gasteiger partial charge in [0.05, 0.1) is 12.2 Å². The van der Waals surface area contributed by atoms with Gasteiger partial charge >= 0.3 is 5.97 Å². The minimum atomic E-state index is -0.896. The van der Waals surface area contributed by atoms with Crippen LogP contribution in [0.4, 0.5) is 0 Å². The van der Waals surface area contributed by atoms with Crippen molar-refractivity contribution in [3.63, 3.8) is 0 Å². The zero-order valence-corrected chi connectivity index (χ0v) is 10.6. The van der Waals surface area contributed by atoms with E-state index in [2.05, 4.69) is 4.57 Å². The third kappa shape index (κ3) is 2.24. The van der Waals surface area contributed by atoms with Gasteiger partial charge in [-0.3, -0.25) is 0 Å². The van der Waals surface area contributed by atoms with Crippen molar-refractivity contribution in [1.82, 2.24) is 4.57 Å². The van der Waals surface area contributed by atoms with Gasteiger partial charge in [0.1, 0.15) is 0 Å². The van der Waals surface area contributed by atoms with Gasteiger partial charge in [-0.2, -0.15) is 0 Å². The van der Waals surface area contributed by atoms with E-state index >= 15 is 0 Å². The zero-order chi connectivity index (χ0) is 13.1. The predicted molar refractivity (Wildman–Crippen MR) is 69.9 cm³/mol. The summed E-state index contributed by atoms with van der Waals surface area (Å²) in [4.78, 5) is 11.0. The number of aromatic carboxylic acids is 1. The van der Waals surface area contributed by atoms with Gasteiger partial charge in [-0.15, -0.1) is 0 Å². The summed E-state index contributed by atoms with van der Waals surface area (Å²) in [7, 11) is 0. The van der Waals surface area contributed by atoms with Crippen molar-refractivity contribution in [2.75, 3.05) is 6.61 Å². The molecule has 0 unspecified atom stereocenters. The Morgan fingerprint density at radius 2 is 2.17 bits per heavy atom. The number of hydrogen-bond donors (Lipinski definition) is 1. The van der Waals surface area contributed by atoms with E-state index in [1.54, 1.807) is 12.1 Å². The van der Waals surface area contributed by atoms with Crippen LogP contribution in [0, 0.1) is 0 Å². The van der Waals surface area contributed by atoms with Crippen LogP contribution in [0.25, 0.3) is 10.9 Å². The second-order valence-electron chi connectivity index (χ2n) is 4.11. The third-order valence-electron chi connectivity index (χ3n) is 3.01. The maximum absolute atomic E-state index is 11.0. The van der Waals surface area contributed by atoms with Crippen molar-refractivity contribution in [1.29, 1.82) is 0 Å². The first-order valence-corrected chi connectivity index (χ1v) is 6.10. The summed E-state index contributed by atoms with van der Waals surface area (Å²) >= 11 is 0. The monoisotopic (exact) mass is 247 g/mol. The van der Waals surface area contributed by atoms with Crippen LogP contribution in [0.15, 0.2) is 24.4 Å². The molecule has 0 atom stereocenters. The SMILES string of the molecule is CCOCc1cn(CC)c2cc(C(=O)O)ccc12. The number of ether oxygens (including phenoxy) is 1. The van der Waals surface area contributed by atoms with Crippen molar-refractivity contribution in [3.8, 4) is 0 Å². The first kappa shape index (κ1) is 12.6. The molecule has 1 heterocycles. The first-order valence-electron chi connectivity index (χ1n) is 6.10. The molecule has 0 aliphatic carbocycles. The van der Waals surface area contributed by atoms with E-state index in [1.807, 2.05) is 26.1 Å². The smallest absolute Gasteiger partial charge is 0.335 e. The van der Waals surface area contributed by atoms with Gasteiger partial charge in [-0.1, -0.05) is 6.07 Å². The van der Waals surface area contributed by atoms with Crippen LogP contribution in [-0.4, -0.2) is 22.2 Å². The van der Waals surface area contributed by atoms with Crippen LogP contribution in [0.3, 0.4) is 0 Å². The van der Waals surface area contributed by atoms with Gasteiger partial charge < -0.3 is 14.4 Å². The van der Waals surface area contributed by atoms with Gasteiger partial charge in [-0.05, 0) is 26.0 Å². The second-order valence-corrected chi connectivity index (χ2v) is 4.11. The first-order chi connectivity index (χ1) is 8.67. The molecule has 4 nitrogen and oxygen atoms in total. The number of benzene rings is 1. The van der Waals surface area contributed by atoms with Crippen LogP contribution in [-0.2, 0) is 17.9 Å². The summed E-state index contributed by atoms with van der Waals surface area (Å²) in [5.41, 5.74) is 2.37. The summed E-state index contributed by atoms with van der Waals surface area (Å²) in [6, 6.07) is 5.22. The Labute approximate surface area is 106 Å². The molecule has 0 spiro atoms. The number of hydrogen-bond acceptors (Lipinski definition) is 2. The van der Waals surface area contributed by atoms with Crippen molar-refractivity contribution in [2.24, 2.45) is 0 Å². The third-order valence-corrected chi connectivity index (χ3v) is 3.01. The van der Waals surface area contributed by atoms with Gasteiger partial charge in [0.25, 0.3) is 0 Å². The number of carbonyl (C=O) groups is 1. The van der Waals surface area contributed by atoms with Crippen molar-refractivity contribution in [3.05, 3.63) is 35.5 Å². The molecular formula is C14H17NO3. The van der Waals surface area contributed by atoms with E-state index < -0.39 is 5.97 Å². The molecule has 0 aliphatic rings. The minimum Gasteiger partial charge on any atom is -0.478 e. The van der Waals surface area contributed by atoms with Crippen molar-refractivity contribution in [2.45, 2.75) is 27.0 Å². The Hall–Kier alpha value is -1.81. The Kier molecular flexibility index (Phi) is 3.67. The van der Waals surface area contributed by atoms with E-state index in [0.29, 0.717) is 18.8 Å². The highest BCUT2D eigenvalue weighted by Crippen LogP contribution is 2.23. The molecule has 1 aromatic carbocycles. The molecule has 4 heteroatoms. The molecule has 2 aromatic rings. The zero-order valence-electron chi connectivity index (χ0n) is 10.6. The highest BCUT2D eigenvalue weighted by Gasteiger charge is 2.11.